The van der Waals surface area contributed by atoms with Crippen LogP contribution in [0.4, 0.5) is 0 Å². The summed E-state index contributed by atoms with van der Waals surface area (Å²) in [4.78, 5) is 30.2. The fourth-order valence-electron chi connectivity index (χ4n) is 4.92. The molecule has 10 heteroatoms. The maximum atomic E-state index is 13.0. The number of hydrogen-bond acceptors (Lipinski definition) is 5. The predicted octanol–water partition coefficient (Wildman–Crippen LogP) is 3.60. The van der Waals surface area contributed by atoms with Crippen molar-refractivity contribution in [3.8, 4) is 0 Å². The van der Waals surface area contributed by atoms with E-state index in [-0.39, 0.29) is 36.1 Å². The lowest BCUT2D eigenvalue weighted by atomic mass is 10.1. The van der Waals surface area contributed by atoms with Crippen LogP contribution >= 0.6 is 12.4 Å². The number of amides is 2. The average Bonchev–Trinajstić information content (AvgIpc) is 3.28. The van der Waals surface area contributed by atoms with Crippen molar-refractivity contribution in [1.29, 1.82) is 5.41 Å². The quantitative estimate of drug-likeness (QED) is 0.194. The fourth-order valence-corrected chi connectivity index (χ4v) is 4.92. The van der Waals surface area contributed by atoms with Crippen molar-refractivity contribution in [2.24, 2.45) is 12.8 Å². The number of aryl methyl sites for hydroxylation is 3. The molecule has 0 radical (unpaired) electrons. The van der Waals surface area contributed by atoms with Crippen LogP contribution in [0.3, 0.4) is 0 Å². The number of imidazole rings is 1. The molecule has 0 atom stereocenters. The lowest BCUT2D eigenvalue weighted by Gasteiger charge is -2.32. The van der Waals surface area contributed by atoms with Gasteiger partial charge in [-0.2, -0.15) is 0 Å². The van der Waals surface area contributed by atoms with E-state index in [1.54, 1.807) is 12.1 Å². The minimum atomic E-state index is -0.165. The number of fused-ring (bicyclic) bond motifs is 1. The van der Waals surface area contributed by atoms with E-state index >= 15 is 0 Å². The molecule has 208 valence electrons. The summed E-state index contributed by atoms with van der Waals surface area (Å²) in [5, 5.41) is 12.5. The van der Waals surface area contributed by atoms with Gasteiger partial charge in [0.1, 0.15) is 11.7 Å². The average molecular weight is 560 g/mol. The first-order valence-electron chi connectivity index (χ1n) is 13.2. The second-order valence-electron chi connectivity index (χ2n) is 9.94. The molecule has 5 rings (SSSR count). The van der Waals surface area contributed by atoms with Crippen LogP contribution < -0.4 is 16.5 Å². The van der Waals surface area contributed by atoms with E-state index in [2.05, 4.69) is 15.3 Å². The Morgan fingerprint density at radius 3 is 2.27 bits per heavy atom. The molecule has 1 aliphatic heterocycles. The number of halogens is 1. The Morgan fingerprint density at radius 2 is 1.60 bits per heavy atom. The summed E-state index contributed by atoms with van der Waals surface area (Å²) < 4.78 is 2.06. The first-order chi connectivity index (χ1) is 18.9. The van der Waals surface area contributed by atoms with Gasteiger partial charge in [-0.25, -0.2) is 9.99 Å². The number of hydrogen-bond donors (Lipinski definition) is 4. The molecule has 2 amide bonds. The zero-order valence-electron chi connectivity index (χ0n) is 22.4. The molecule has 0 spiro atoms. The number of amidine groups is 1. The normalized spacial score (nSPS) is 13.9. The molecule has 4 aromatic rings. The van der Waals surface area contributed by atoms with Gasteiger partial charge in [-0.05, 0) is 55.2 Å². The lowest BCUT2D eigenvalue weighted by Crippen LogP contribution is -2.51. The number of carbonyl (C=O) groups excluding carboxylic acids is 2. The van der Waals surface area contributed by atoms with Crippen molar-refractivity contribution < 1.29 is 9.59 Å². The molecule has 1 aromatic heterocycles. The second kappa shape index (κ2) is 12.8. The van der Waals surface area contributed by atoms with Gasteiger partial charge >= 0.3 is 0 Å². The number of nitrogens with one attached hydrogen (secondary N) is 3. The number of rotatable bonds is 8. The monoisotopic (exact) mass is 559 g/mol. The number of benzene rings is 3. The predicted molar refractivity (Wildman–Crippen MR) is 159 cm³/mol. The summed E-state index contributed by atoms with van der Waals surface area (Å²) in [6.45, 7) is 1.32. The minimum Gasteiger partial charge on any atom is -0.384 e. The van der Waals surface area contributed by atoms with Crippen molar-refractivity contribution in [1.82, 2.24) is 25.3 Å². The zero-order chi connectivity index (χ0) is 27.4. The number of nitrogens with two attached hydrogens (primary N) is 1. The first kappa shape index (κ1) is 28.8. The van der Waals surface area contributed by atoms with Crippen LogP contribution in [-0.4, -0.2) is 51.3 Å². The summed E-state index contributed by atoms with van der Waals surface area (Å²) in [5.41, 5.74) is 13.4. The van der Waals surface area contributed by atoms with Gasteiger partial charge in [-0.3, -0.25) is 20.4 Å². The molecule has 2 heterocycles. The molecule has 1 saturated heterocycles. The molecule has 5 N–H and O–H groups in total. The molecule has 40 heavy (non-hydrogen) atoms. The van der Waals surface area contributed by atoms with E-state index in [4.69, 9.17) is 16.1 Å². The molecule has 0 aliphatic carbocycles. The third-order valence-electron chi connectivity index (χ3n) is 7.26. The number of piperidine rings is 1. The number of nitrogens with zero attached hydrogens (tertiary/aromatic N) is 3. The highest BCUT2D eigenvalue weighted by atomic mass is 35.5. The van der Waals surface area contributed by atoms with Gasteiger partial charge in [0.2, 0.25) is 0 Å². The van der Waals surface area contributed by atoms with Crippen molar-refractivity contribution >= 4 is 41.1 Å². The number of aromatic nitrogens is 2. The zero-order valence-corrected chi connectivity index (χ0v) is 23.2. The van der Waals surface area contributed by atoms with Gasteiger partial charge in [-0.15, -0.1) is 12.4 Å². The van der Waals surface area contributed by atoms with Crippen LogP contribution in [-0.2, 0) is 19.9 Å². The molecular formula is C30H34ClN7O2. The molecule has 0 bridgehead atoms. The third-order valence-corrected chi connectivity index (χ3v) is 7.26. The van der Waals surface area contributed by atoms with E-state index in [0.29, 0.717) is 29.8 Å². The highest BCUT2D eigenvalue weighted by Crippen LogP contribution is 2.19. The first-order valence-corrected chi connectivity index (χ1v) is 13.2. The Bertz CT molecular complexity index is 1490. The van der Waals surface area contributed by atoms with Gasteiger partial charge < -0.3 is 15.6 Å². The van der Waals surface area contributed by atoms with E-state index in [9.17, 15) is 9.59 Å². The Kier molecular flexibility index (Phi) is 9.19. The maximum Gasteiger partial charge on any atom is 0.265 e. The fraction of sp³-hybridized carbons (Fsp3) is 0.267. The van der Waals surface area contributed by atoms with Gasteiger partial charge in [0.25, 0.3) is 11.8 Å². The van der Waals surface area contributed by atoms with Crippen LogP contribution in [0.2, 0.25) is 0 Å². The third kappa shape index (κ3) is 6.67. The lowest BCUT2D eigenvalue weighted by molar-refractivity contribution is 0.0702. The van der Waals surface area contributed by atoms with Crippen molar-refractivity contribution in [2.45, 2.75) is 31.7 Å². The Labute approximate surface area is 239 Å². The maximum absolute atomic E-state index is 13.0. The van der Waals surface area contributed by atoms with Crippen LogP contribution in [0.15, 0.2) is 72.8 Å². The SMILES string of the molecule is Cl.Cn1c(CCc2ccc(C(=N)N)cc2)nc2cc(C(=O)NN3CCC(NC(=O)c4ccccc4)CC3)ccc21. The number of carbonyl (C=O) groups is 2. The van der Waals surface area contributed by atoms with E-state index in [1.165, 1.54) is 0 Å². The minimum absolute atomic E-state index is 0. The molecule has 3 aromatic carbocycles. The smallest absolute Gasteiger partial charge is 0.265 e. The summed E-state index contributed by atoms with van der Waals surface area (Å²) >= 11 is 0. The molecular weight excluding hydrogens is 526 g/mol. The molecule has 9 nitrogen and oxygen atoms in total. The summed E-state index contributed by atoms with van der Waals surface area (Å²) in [6, 6.07) is 22.6. The van der Waals surface area contributed by atoms with Gasteiger partial charge in [-0.1, -0.05) is 42.5 Å². The Morgan fingerprint density at radius 1 is 0.925 bits per heavy atom. The topological polar surface area (TPSA) is 129 Å². The Hall–Kier alpha value is -4.21. The van der Waals surface area contributed by atoms with Crippen LogP contribution in [0, 0.1) is 5.41 Å². The molecule has 1 fully saturated rings. The van der Waals surface area contributed by atoms with E-state index < -0.39 is 0 Å². The van der Waals surface area contributed by atoms with E-state index in [0.717, 1.165) is 48.1 Å². The highest BCUT2D eigenvalue weighted by molar-refractivity contribution is 5.97. The van der Waals surface area contributed by atoms with Gasteiger partial charge in [0.05, 0.1) is 11.0 Å². The largest absolute Gasteiger partial charge is 0.384 e. The van der Waals surface area contributed by atoms with Crippen LogP contribution in [0.25, 0.3) is 11.0 Å². The van der Waals surface area contributed by atoms with E-state index in [1.807, 2.05) is 72.7 Å². The highest BCUT2D eigenvalue weighted by Gasteiger charge is 2.23. The van der Waals surface area contributed by atoms with Gasteiger partial charge in [0.15, 0.2) is 0 Å². The summed E-state index contributed by atoms with van der Waals surface area (Å²) in [6.07, 6.45) is 3.09. The molecule has 0 unspecified atom stereocenters. The second-order valence-corrected chi connectivity index (χ2v) is 9.94. The standard InChI is InChI=1S/C30H33N7O2.ClH/c1-36-26-13-12-23(19-25(26)34-27(36)14-9-20-7-10-21(11-8-20)28(31)32)30(39)35-37-17-15-24(16-18-37)33-29(38)22-5-3-2-4-6-22;/h2-8,10-13,19,24H,9,14-18H2,1H3,(H3,31,32)(H,33,38)(H,35,39);1H. The number of nitrogen functional groups attached to an aromatic ring is 1. The summed E-state index contributed by atoms with van der Waals surface area (Å²) in [7, 11) is 1.99. The van der Waals surface area contributed by atoms with Crippen LogP contribution in [0.5, 0.6) is 0 Å². The Balaban J connectivity index is 0.00000370. The molecule has 1 aliphatic rings. The van der Waals surface area contributed by atoms with Crippen LogP contribution in [0.1, 0.15) is 50.5 Å². The van der Waals surface area contributed by atoms with Crippen molar-refractivity contribution in [3.63, 3.8) is 0 Å². The number of hydrazine groups is 1. The molecule has 0 saturated carbocycles. The van der Waals surface area contributed by atoms with Crippen molar-refractivity contribution in [3.05, 3.63) is 101 Å². The summed E-state index contributed by atoms with van der Waals surface area (Å²) in [5.74, 6) is 0.778. The van der Waals surface area contributed by atoms with Gasteiger partial charge in [0, 0.05) is 49.3 Å². The van der Waals surface area contributed by atoms with Crippen molar-refractivity contribution in [2.75, 3.05) is 13.1 Å².